The number of rotatable bonds is 1. The summed E-state index contributed by atoms with van der Waals surface area (Å²) in [7, 11) is 0. The van der Waals surface area contributed by atoms with E-state index in [0.29, 0.717) is 0 Å². The number of hydrogen-bond donors (Lipinski definition) is 2. The number of aliphatic hydroxyl groups is 1. The maximum absolute atomic E-state index is 9.47. The largest absolute Gasteiger partial charge is 0.393 e. The Morgan fingerprint density at radius 1 is 1.47 bits per heavy atom. The zero-order valence-electron chi connectivity index (χ0n) is 8.49. The fraction of sp³-hybridized carbons (Fsp3) is 0.545. The standard InChI is InChI=1S/C11H15BrN2O/c12-9-2-1-7-14-10(9)11(13)5-3-8(15)4-6-11/h1-2,7-8,15H,3-6,13H2. The minimum atomic E-state index is -0.376. The molecular weight excluding hydrogens is 256 g/mol. The molecule has 0 saturated heterocycles. The van der Waals surface area contributed by atoms with E-state index in [2.05, 4.69) is 20.9 Å². The van der Waals surface area contributed by atoms with Gasteiger partial charge in [-0.25, -0.2) is 0 Å². The minimum Gasteiger partial charge on any atom is -0.393 e. The first-order valence-electron chi connectivity index (χ1n) is 5.20. The molecule has 0 aliphatic heterocycles. The lowest BCUT2D eigenvalue weighted by Gasteiger charge is -2.35. The van der Waals surface area contributed by atoms with E-state index < -0.39 is 0 Å². The second-order valence-corrected chi connectivity index (χ2v) is 5.08. The smallest absolute Gasteiger partial charge is 0.0744 e. The number of halogens is 1. The summed E-state index contributed by atoms with van der Waals surface area (Å²) in [6.07, 6.45) is 4.69. The van der Waals surface area contributed by atoms with Crippen LogP contribution in [-0.2, 0) is 5.54 Å². The molecule has 1 saturated carbocycles. The summed E-state index contributed by atoms with van der Waals surface area (Å²) in [5.74, 6) is 0. The number of aromatic nitrogens is 1. The first kappa shape index (κ1) is 11.0. The van der Waals surface area contributed by atoms with Crippen molar-refractivity contribution in [1.29, 1.82) is 0 Å². The number of nitrogens with two attached hydrogens (primary N) is 1. The van der Waals surface area contributed by atoms with Gasteiger partial charge in [0, 0.05) is 10.7 Å². The van der Waals surface area contributed by atoms with Crippen molar-refractivity contribution < 1.29 is 5.11 Å². The van der Waals surface area contributed by atoms with Crippen LogP contribution in [0.3, 0.4) is 0 Å². The lowest BCUT2D eigenvalue weighted by Crippen LogP contribution is -2.42. The molecule has 4 heteroatoms. The molecule has 3 nitrogen and oxygen atoms in total. The third-order valence-corrected chi connectivity index (χ3v) is 3.72. The zero-order chi connectivity index (χ0) is 10.9. The Morgan fingerprint density at radius 2 is 2.13 bits per heavy atom. The first-order valence-corrected chi connectivity index (χ1v) is 5.99. The molecule has 1 aromatic rings. The molecular formula is C11H15BrN2O. The zero-order valence-corrected chi connectivity index (χ0v) is 10.1. The highest BCUT2D eigenvalue weighted by atomic mass is 79.9. The lowest BCUT2D eigenvalue weighted by atomic mass is 9.79. The Bertz CT molecular complexity index is 348. The normalized spacial score (nSPS) is 31.5. The van der Waals surface area contributed by atoms with Crippen LogP contribution in [0.4, 0.5) is 0 Å². The molecule has 82 valence electrons. The molecule has 0 unspecified atom stereocenters. The van der Waals surface area contributed by atoms with Gasteiger partial charge in [-0.05, 0) is 53.7 Å². The van der Waals surface area contributed by atoms with Crippen LogP contribution in [0.1, 0.15) is 31.4 Å². The van der Waals surface area contributed by atoms with Crippen molar-refractivity contribution in [3.63, 3.8) is 0 Å². The third kappa shape index (κ3) is 2.22. The molecule has 1 heterocycles. The molecule has 1 aromatic heterocycles. The topological polar surface area (TPSA) is 59.1 Å². The van der Waals surface area contributed by atoms with E-state index in [1.165, 1.54) is 0 Å². The van der Waals surface area contributed by atoms with E-state index in [4.69, 9.17) is 5.73 Å². The van der Waals surface area contributed by atoms with Crippen LogP contribution in [0, 0.1) is 0 Å². The Labute approximate surface area is 97.8 Å². The van der Waals surface area contributed by atoms with Gasteiger partial charge in [0.2, 0.25) is 0 Å². The highest BCUT2D eigenvalue weighted by Gasteiger charge is 2.35. The van der Waals surface area contributed by atoms with Gasteiger partial charge in [0.15, 0.2) is 0 Å². The van der Waals surface area contributed by atoms with Crippen LogP contribution < -0.4 is 5.73 Å². The minimum absolute atomic E-state index is 0.191. The second-order valence-electron chi connectivity index (χ2n) is 4.22. The molecule has 0 amide bonds. The maximum Gasteiger partial charge on any atom is 0.0744 e. The fourth-order valence-corrected chi connectivity index (χ4v) is 2.76. The average molecular weight is 271 g/mol. The SMILES string of the molecule is NC1(c2ncccc2Br)CCC(O)CC1. The van der Waals surface area contributed by atoms with Gasteiger partial charge in [-0.2, -0.15) is 0 Å². The van der Waals surface area contributed by atoms with E-state index in [0.717, 1.165) is 35.8 Å². The molecule has 0 atom stereocenters. The van der Waals surface area contributed by atoms with Crippen LogP contribution in [0.15, 0.2) is 22.8 Å². The van der Waals surface area contributed by atoms with Gasteiger partial charge in [-0.1, -0.05) is 0 Å². The first-order chi connectivity index (χ1) is 7.12. The van der Waals surface area contributed by atoms with Gasteiger partial charge >= 0.3 is 0 Å². The molecule has 2 rings (SSSR count). The summed E-state index contributed by atoms with van der Waals surface area (Å²) < 4.78 is 0.962. The van der Waals surface area contributed by atoms with E-state index in [-0.39, 0.29) is 11.6 Å². The molecule has 3 N–H and O–H groups in total. The molecule has 0 spiro atoms. The summed E-state index contributed by atoms with van der Waals surface area (Å²) in [5.41, 5.74) is 6.88. The summed E-state index contributed by atoms with van der Waals surface area (Å²) >= 11 is 3.48. The van der Waals surface area contributed by atoms with Crippen molar-refractivity contribution in [3.8, 4) is 0 Å². The third-order valence-electron chi connectivity index (χ3n) is 3.08. The molecule has 0 radical (unpaired) electrons. The fourth-order valence-electron chi connectivity index (χ4n) is 2.11. The molecule has 1 aliphatic carbocycles. The van der Waals surface area contributed by atoms with Gasteiger partial charge in [-0.3, -0.25) is 4.98 Å². The predicted octanol–water partition coefficient (Wildman–Crippen LogP) is 1.93. The van der Waals surface area contributed by atoms with Crippen molar-refractivity contribution in [1.82, 2.24) is 4.98 Å². The van der Waals surface area contributed by atoms with Crippen molar-refractivity contribution >= 4 is 15.9 Å². The van der Waals surface area contributed by atoms with Crippen LogP contribution in [0.5, 0.6) is 0 Å². The molecule has 1 fully saturated rings. The van der Waals surface area contributed by atoms with E-state index in [9.17, 15) is 5.11 Å². The summed E-state index contributed by atoms with van der Waals surface area (Å²) in [6.45, 7) is 0. The molecule has 0 aromatic carbocycles. The van der Waals surface area contributed by atoms with Gasteiger partial charge in [-0.15, -0.1) is 0 Å². The Balaban J connectivity index is 2.26. The second kappa shape index (κ2) is 4.20. The quantitative estimate of drug-likeness (QED) is 0.820. The summed E-state index contributed by atoms with van der Waals surface area (Å²) in [5, 5.41) is 9.47. The number of aliphatic hydroxyl groups excluding tert-OH is 1. The van der Waals surface area contributed by atoms with Crippen LogP contribution in [-0.4, -0.2) is 16.2 Å². The Morgan fingerprint density at radius 3 is 2.73 bits per heavy atom. The van der Waals surface area contributed by atoms with Gasteiger partial charge < -0.3 is 10.8 Å². The van der Waals surface area contributed by atoms with Crippen LogP contribution in [0.2, 0.25) is 0 Å². The van der Waals surface area contributed by atoms with E-state index >= 15 is 0 Å². The highest BCUT2D eigenvalue weighted by molar-refractivity contribution is 9.10. The van der Waals surface area contributed by atoms with Crippen LogP contribution in [0.25, 0.3) is 0 Å². The number of hydrogen-bond acceptors (Lipinski definition) is 3. The summed E-state index contributed by atoms with van der Waals surface area (Å²) in [6, 6.07) is 3.84. The van der Waals surface area contributed by atoms with Gasteiger partial charge in [0.25, 0.3) is 0 Å². The molecule has 15 heavy (non-hydrogen) atoms. The van der Waals surface area contributed by atoms with Crippen LogP contribution >= 0.6 is 15.9 Å². The average Bonchev–Trinajstić information content (AvgIpc) is 2.23. The van der Waals surface area contributed by atoms with Crippen molar-refractivity contribution in [2.45, 2.75) is 37.3 Å². The Kier molecular flexibility index (Phi) is 3.09. The lowest BCUT2D eigenvalue weighted by molar-refractivity contribution is 0.0954. The maximum atomic E-state index is 9.47. The summed E-state index contributed by atoms with van der Waals surface area (Å²) in [4.78, 5) is 4.35. The van der Waals surface area contributed by atoms with Crippen molar-refractivity contribution in [3.05, 3.63) is 28.5 Å². The Hall–Kier alpha value is -0.450. The highest BCUT2D eigenvalue weighted by Crippen LogP contribution is 2.36. The number of nitrogens with zero attached hydrogens (tertiary/aromatic N) is 1. The molecule has 1 aliphatic rings. The molecule has 0 bridgehead atoms. The van der Waals surface area contributed by atoms with Crippen molar-refractivity contribution in [2.24, 2.45) is 5.73 Å². The predicted molar refractivity (Wildman–Crippen MR) is 62.3 cm³/mol. The van der Waals surface area contributed by atoms with Gasteiger partial charge in [0.05, 0.1) is 17.3 Å². The van der Waals surface area contributed by atoms with Gasteiger partial charge in [0.1, 0.15) is 0 Å². The van der Waals surface area contributed by atoms with E-state index in [1.54, 1.807) is 6.20 Å². The number of pyridine rings is 1. The van der Waals surface area contributed by atoms with E-state index in [1.807, 2.05) is 12.1 Å². The monoisotopic (exact) mass is 270 g/mol. The van der Waals surface area contributed by atoms with Crippen molar-refractivity contribution in [2.75, 3.05) is 0 Å².